The first-order valence-corrected chi connectivity index (χ1v) is 9.93. The van der Waals surface area contributed by atoms with Gasteiger partial charge in [0, 0.05) is 29.7 Å². The van der Waals surface area contributed by atoms with Crippen LogP contribution in [-0.4, -0.2) is 54.5 Å². The average molecular weight is 377 g/mol. The summed E-state index contributed by atoms with van der Waals surface area (Å²) in [6.45, 7) is 7.34. The van der Waals surface area contributed by atoms with Crippen molar-refractivity contribution in [3.63, 3.8) is 0 Å². The molecule has 2 heterocycles. The molecule has 3 aromatic rings. The molecule has 0 saturated carbocycles. The number of nitrogens with zero attached hydrogens (tertiary/aromatic N) is 2. The van der Waals surface area contributed by atoms with E-state index in [9.17, 15) is 0 Å². The maximum Gasteiger partial charge on any atom is 0.174 e. The monoisotopic (exact) mass is 376 g/mol. The van der Waals surface area contributed by atoms with Gasteiger partial charge in [0.1, 0.15) is 19.8 Å². The van der Waals surface area contributed by atoms with Gasteiger partial charge in [0.15, 0.2) is 5.71 Å². The molecule has 0 bridgehead atoms. The van der Waals surface area contributed by atoms with Crippen LogP contribution in [0, 0.1) is 13.8 Å². The lowest BCUT2D eigenvalue weighted by molar-refractivity contribution is -0.466. The first kappa shape index (κ1) is 18.8. The first-order valence-electron chi connectivity index (χ1n) is 9.93. The molecular weight excluding hydrogens is 346 g/mol. The van der Waals surface area contributed by atoms with Crippen LogP contribution >= 0.6 is 0 Å². The van der Waals surface area contributed by atoms with Crippen molar-refractivity contribution in [3.05, 3.63) is 64.8 Å². The van der Waals surface area contributed by atoms with Crippen LogP contribution in [0.1, 0.15) is 28.3 Å². The molecule has 0 amide bonds. The third-order valence-corrected chi connectivity index (χ3v) is 6.03. The summed E-state index contributed by atoms with van der Waals surface area (Å²) >= 11 is 0. The molecule has 4 nitrogen and oxygen atoms in total. The number of methoxy groups -OCH3 is 1. The Morgan fingerprint density at radius 1 is 1.11 bits per heavy atom. The first-order chi connectivity index (χ1) is 13.5. The van der Waals surface area contributed by atoms with E-state index in [0.29, 0.717) is 5.92 Å². The lowest BCUT2D eigenvalue weighted by Crippen LogP contribution is -2.23. The fourth-order valence-corrected chi connectivity index (χ4v) is 4.31. The predicted octanol–water partition coefficient (Wildman–Crippen LogP) is 4.11. The molecule has 0 radical (unpaired) electrons. The number of hydrogen-bond acceptors (Lipinski definition) is 2. The maximum atomic E-state index is 5.40. The van der Waals surface area contributed by atoms with Gasteiger partial charge in [0.05, 0.1) is 19.6 Å². The van der Waals surface area contributed by atoms with E-state index in [0.717, 1.165) is 25.4 Å². The Hall–Kier alpha value is -2.59. The molecule has 1 unspecified atom stereocenters. The van der Waals surface area contributed by atoms with Gasteiger partial charge in [-0.1, -0.05) is 29.8 Å². The third kappa shape index (κ3) is 3.45. The van der Waals surface area contributed by atoms with Gasteiger partial charge in [-0.25, -0.2) is 4.58 Å². The molecule has 1 aromatic heterocycles. The van der Waals surface area contributed by atoms with E-state index in [1.807, 2.05) is 6.07 Å². The number of aromatic nitrogens is 1. The van der Waals surface area contributed by atoms with Crippen LogP contribution in [0.4, 0.5) is 0 Å². The molecule has 1 aliphatic rings. The van der Waals surface area contributed by atoms with Gasteiger partial charge in [-0.2, -0.15) is 0 Å². The molecule has 1 atom stereocenters. The Morgan fingerprint density at radius 3 is 2.54 bits per heavy atom. The molecule has 1 fully saturated rings. The van der Waals surface area contributed by atoms with E-state index in [1.54, 1.807) is 7.11 Å². The molecule has 0 aliphatic carbocycles. The minimum atomic E-state index is 0.459. The van der Waals surface area contributed by atoms with E-state index in [-0.39, 0.29) is 0 Å². The van der Waals surface area contributed by atoms with Gasteiger partial charge in [-0.05, 0) is 43.2 Å². The zero-order valence-electron chi connectivity index (χ0n) is 17.5. The van der Waals surface area contributed by atoms with Gasteiger partial charge in [-0.3, -0.25) is 4.90 Å². The Bertz CT molecular complexity index is 1030. The molecule has 1 saturated heterocycles. The number of hydrogen-bond donors (Lipinski definition) is 1. The normalized spacial score (nSPS) is 17.5. The van der Waals surface area contributed by atoms with Crippen LogP contribution in [-0.2, 0) is 6.54 Å². The second-order valence-electron chi connectivity index (χ2n) is 8.16. The number of nitrogens with one attached hydrogen (secondary N) is 1. The molecule has 28 heavy (non-hydrogen) atoms. The van der Waals surface area contributed by atoms with Crippen LogP contribution < -0.4 is 4.74 Å². The number of H-pyrrole nitrogens is 1. The fourth-order valence-electron chi connectivity index (χ4n) is 4.31. The van der Waals surface area contributed by atoms with Crippen molar-refractivity contribution < 1.29 is 9.31 Å². The predicted molar refractivity (Wildman–Crippen MR) is 116 cm³/mol. The lowest BCUT2D eigenvalue weighted by Gasteiger charge is -2.14. The zero-order valence-corrected chi connectivity index (χ0v) is 17.5. The minimum Gasteiger partial charge on any atom is -0.497 e. The van der Waals surface area contributed by atoms with Crippen molar-refractivity contribution in [2.75, 3.05) is 34.3 Å². The van der Waals surface area contributed by atoms with Gasteiger partial charge in [0.25, 0.3) is 0 Å². The summed E-state index contributed by atoms with van der Waals surface area (Å²) in [5.74, 6) is 1.37. The number of rotatable bonds is 4. The van der Waals surface area contributed by atoms with Gasteiger partial charge in [-0.15, -0.1) is 0 Å². The summed E-state index contributed by atoms with van der Waals surface area (Å²) in [4.78, 5) is 6.18. The van der Waals surface area contributed by atoms with E-state index in [2.05, 4.69) is 78.8 Å². The van der Waals surface area contributed by atoms with Crippen molar-refractivity contribution in [2.45, 2.75) is 26.3 Å². The molecular formula is C24H30N3O+. The summed E-state index contributed by atoms with van der Waals surface area (Å²) in [6, 6.07) is 15.3. The quantitative estimate of drug-likeness (QED) is 0.695. The minimum absolute atomic E-state index is 0.459. The number of ether oxygens (including phenoxy) is 1. The summed E-state index contributed by atoms with van der Waals surface area (Å²) in [6.07, 6.45) is 0. The molecule has 0 spiro atoms. The van der Waals surface area contributed by atoms with Gasteiger partial charge < -0.3 is 9.72 Å². The zero-order chi connectivity index (χ0) is 19.8. The highest BCUT2D eigenvalue weighted by atomic mass is 16.5. The molecule has 146 valence electrons. The second kappa shape index (κ2) is 7.44. The number of benzene rings is 2. The molecule has 4 rings (SSSR count). The van der Waals surface area contributed by atoms with Crippen molar-refractivity contribution in [3.8, 4) is 5.75 Å². The number of aryl methyl sites for hydroxylation is 2. The lowest BCUT2D eigenvalue weighted by atomic mass is 9.95. The van der Waals surface area contributed by atoms with E-state index in [1.165, 1.54) is 39.0 Å². The highest BCUT2D eigenvalue weighted by Crippen LogP contribution is 2.30. The highest BCUT2D eigenvalue weighted by Gasteiger charge is 2.35. The smallest absolute Gasteiger partial charge is 0.174 e. The van der Waals surface area contributed by atoms with Crippen LogP contribution in [0.15, 0.2) is 42.5 Å². The van der Waals surface area contributed by atoms with Crippen molar-refractivity contribution in [2.24, 2.45) is 0 Å². The van der Waals surface area contributed by atoms with Crippen molar-refractivity contribution >= 4 is 16.6 Å². The summed E-state index contributed by atoms with van der Waals surface area (Å²) in [7, 11) is 6.05. The molecule has 2 aromatic carbocycles. The molecule has 1 N–H and O–H groups in total. The average Bonchev–Trinajstić information content (AvgIpc) is 3.24. The molecule has 1 aliphatic heterocycles. The Labute approximate surface area is 167 Å². The molecule has 4 heteroatoms. The van der Waals surface area contributed by atoms with Crippen molar-refractivity contribution in [1.29, 1.82) is 0 Å². The SMILES string of the molecule is COc1ccc2[nH]c(CN3CC(=[N+](C)C)C(c4ccc(C)cc4)C3)c(C)c2c1. The Morgan fingerprint density at radius 2 is 1.86 bits per heavy atom. The Balaban J connectivity index is 1.60. The summed E-state index contributed by atoms with van der Waals surface area (Å²) in [5, 5.41) is 1.25. The number of fused-ring (bicyclic) bond motifs is 1. The maximum absolute atomic E-state index is 5.40. The van der Waals surface area contributed by atoms with Crippen LogP contribution in [0.25, 0.3) is 10.9 Å². The van der Waals surface area contributed by atoms with Gasteiger partial charge >= 0.3 is 0 Å². The second-order valence-corrected chi connectivity index (χ2v) is 8.16. The summed E-state index contributed by atoms with van der Waals surface area (Å²) < 4.78 is 7.70. The van der Waals surface area contributed by atoms with Gasteiger partial charge in [0.2, 0.25) is 0 Å². The number of likely N-dealkylation sites (tertiary alicyclic amines) is 1. The van der Waals surface area contributed by atoms with Crippen molar-refractivity contribution in [1.82, 2.24) is 9.88 Å². The highest BCUT2D eigenvalue weighted by molar-refractivity contribution is 5.91. The topological polar surface area (TPSA) is 31.3 Å². The summed E-state index contributed by atoms with van der Waals surface area (Å²) in [5.41, 5.74) is 8.01. The van der Waals surface area contributed by atoms with Crippen LogP contribution in [0.3, 0.4) is 0 Å². The van der Waals surface area contributed by atoms with E-state index < -0.39 is 0 Å². The Kier molecular flexibility index (Phi) is 4.98. The standard InChI is InChI=1S/C24H30N3O/c1-16-6-8-18(9-7-16)21-13-27(15-24(21)26(3)4)14-23-17(2)20-12-19(28-5)10-11-22(20)25-23/h6-12,21,25H,13-15H2,1-5H3/q+1. The largest absolute Gasteiger partial charge is 0.497 e. The fraction of sp³-hybridized carbons (Fsp3) is 0.375. The number of aromatic amines is 1. The van der Waals surface area contributed by atoms with Crippen LogP contribution in [0.5, 0.6) is 5.75 Å². The van der Waals surface area contributed by atoms with E-state index >= 15 is 0 Å². The third-order valence-electron chi connectivity index (χ3n) is 6.03. The van der Waals surface area contributed by atoms with Crippen LogP contribution in [0.2, 0.25) is 0 Å². The van der Waals surface area contributed by atoms with E-state index in [4.69, 9.17) is 4.74 Å².